The summed E-state index contributed by atoms with van der Waals surface area (Å²) < 4.78 is 33.3. The maximum Gasteiger partial charge on any atom is 0.256 e. The summed E-state index contributed by atoms with van der Waals surface area (Å²) in [5.74, 6) is 0.144. The van der Waals surface area contributed by atoms with E-state index in [1.807, 2.05) is 0 Å². The summed E-state index contributed by atoms with van der Waals surface area (Å²) in [6, 6.07) is 5.05. The van der Waals surface area contributed by atoms with Gasteiger partial charge in [0, 0.05) is 6.54 Å². The highest BCUT2D eigenvalue weighted by Gasteiger charge is 2.51. The van der Waals surface area contributed by atoms with Gasteiger partial charge in [0.1, 0.15) is 11.4 Å². The number of hydrogen-bond donors (Lipinski definition) is 1. The van der Waals surface area contributed by atoms with E-state index in [1.54, 1.807) is 18.2 Å². The zero-order chi connectivity index (χ0) is 18.8. The van der Waals surface area contributed by atoms with Crippen molar-refractivity contribution in [2.75, 3.05) is 20.3 Å². The Balaban J connectivity index is 1.74. The predicted molar refractivity (Wildman–Crippen MR) is 98.4 cm³/mol. The van der Waals surface area contributed by atoms with Gasteiger partial charge in [-0.25, -0.2) is 4.39 Å². The number of carbonyl (C=O) groups is 1. The number of benzene rings is 1. The summed E-state index contributed by atoms with van der Waals surface area (Å²) >= 11 is 6.17. The number of alkyl halides is 2. The SMILES string of the molecule is COc1cccc(Cl)c1C(=O)NCC12CCCC(F)(CC(CCF)C1)C2. The van der Waals surface area contributed by atoms with E-state index in [1.165, 1.54) is 7.11 Å². The van der Waals surface area contributed by atoms with E-state index in [2.05, 4.69) is 5.32 Å². The molecule has 0 aliphatic heterocycles. The Kier molecular flexibility index (Phi) is 5.75. The molecule has 3 rings (SSSR count). The van der Waals surface area contributed by atoms with Gasteiger partial charge < -0.3 is 10.1 Å². The first-order valence-corrected chi connectivity index (χ1v) is 9.64. The lowest BCUT2D eigenvalue weighted by Crippen LogP contribution is -2.51. The first kappa shape index (κ1) is 19.4. The molecule has 3 unspecified atom stereocenters. The fourth-order valence-corrected chi connectivity index (χ4v) is 5.26. The summed E-state index contributed by atoms with van der Waals surface area (Å²) in [6.07, 6.45) is 4.28. The number of amides is 1. The van der Waals surface area contributed by atoms with E-state index in [0.29, 0.717) is 48.6 Å². The zero-order valence-corrected chi connectivity index (χ0v) is 15.9. The predicted octanol–water partition coefficient (Wildman–Crippen LogP) is 5.12. The van der Waals surface area contributed by atoms with Gasteiger partial charge in [0.25, 0.3) is 5.91 Å². The standard InChI is InChI=1S/C20H26ClF2NO2/c1-26-16-5-2-4-15(21)17(16)18(25)24-13-19-7-3-8-20(23,12-19)11-14(10-19)6-9-22/h2,4-5,14H,3,6-13H2,1H3,(H,24,25). The van der Waals surface area contributed by atoms with Crippen LogP contribution in [0, 0.1) is 11.3 Å². The van der Waals surface area contributed by atoms with Crippen LogP contribution in [0.4, 0.5) is 8.78 Å². The number of halogens is 3. The van der Waals surface area contributed by atoms with E-state index in [-0.39, 0.29) is 17.2 Å². The van der Waals surface area contributed by atoms with E-state index in [9.17, 15) is 9.18 Å². The highest BCUT2D eigenvalue weighted by Crippen LogP contribution is 2.55. The molecule has 1 aromatic rings. The minimum Gasteiger partial charge on any atom is -0.496 e. The van der Waals surface area contributed by atoms with Crippen LogP contribution in [-0.2, 0) is 0 Å². The van der Waals surface area contributed by atoms with Crippen LogP contribution in [0.25, 0.3) is 0 Å². The Morgan fingerprint density at radius 1 is 1.38 bits per heavy atom. The summed E-state index contributed by atoms with van der Waals surface area (Å²) in [4.78, 5) is 12.7. The van der Waals surface area contributed by atoms with E-state index >= 15 is 4.39 Å². The summed E-state index contributed by atoms with van der Waals surface area (Å²) in [7, 11) is 1.49. The lowest BCUT2D eigenvalue weighted by Gasteiger charge is -2.51. The average molecular weight is 386 g/mol. The third kappa shape index (κ3) is 3.98. The van der Waals surface area contributed by atoms with Gasteiger partial charge in [-0.3, -0.25) is 9.18 Å². The number of rotatable bonds is 6. The van der Waals surface area contributed by atoms with Gasteiger partial charge >= 0.3 is 0 Å². The molecule has 3 nitrogen and oxygen atoms in total. The van der Waals surface area contributed by atoms with Gasteiger partial charge in [0.2, 0.25) is 0 Å². The largest absolute Gasteiger partial charge is 0.496 e. The average Bonchev–Trinajstić information content (AvgIpc) is 2.58. The van der Waals surface area contributed by atoms with Crippen molar-refractivity contribution in [3.8, 4) is 5.75 Å². The Hall–Kier alpha value is -1.36. The molecule has 0 heterocycles. The first-order chi connectivity index (χ1) is 12.4. The van der Waals surface area contributed by atoms with Crippen molar-refractivity contribution >= 4 is 17.5 Å². The maximum absolute atomic E-state index is 15.2. The van der Waals surface area contributed by atoms with Crippen molar-refractivity contribution in [2.45, 2.75) is 50.6 Å². The molecule has 1 N–H and O–H groups in total. The summed E-state index contributed by atoms with van der Waals surface area (Å²) in [5.41, 5.74) is -1.22. The van der Waals surface area contributed by atoms with Crippen molar-refractivity contribution in [1.82, 2.24) is 5.32 Å². The van der Waals surface area contributed by atoms with Gasteiger partial charge in [-0.05, 0) is 68.4 Å². The molecule has 1 aromatic carbocycles. The van der Waals surface area contributed by atoms with Crippen molar-refractivity contribution < 1.29 is 18.3 Å². The van der Waals surface area contributed by atoms with Crippen LogP contribution in [0.3, 0.4) is 0 Å². The third-order valence-corrected chi connectivity index (χ3v) is 6.28. The molecule has 2 saturated carbocycles. The van der Waals surface area contributed by atoms with Crippen molar-refractivity contribution in [2.24, 2.45) is 11.3 Å². The van der Waals surface area contributed by atoms with E-state index in [4.69, 9.17) is 16.3 Å². The lowest BCUT2D eigenvalue weighted by atomic mass is 9.57. The van der Waals surface area contributed by atoms with E-state index in [0.717, 1.165) is 19.3 Å². The maximum atomic E-state index is 15.2. The molecular weight excluding hydrogens is 360 g/mol. The van der Waals surface area contributed by atoms with Gasteiger partial charge in [0.15, 0.2) is 0 Å². The fourth-order valence-electron chi connectivity index (χ4n) is 5.01. The van der Waals surface area contributed by atoms with Crippen molar-refractivity contribution in [3.05, 3.63) is 28.8 Å². The Morgan fingerprint density at radius 2 is 2.19 bits per heavy atom. The van der Waals surface area contributed by atoms with Gasteiger partial charge in [0.05, 0.1) is 24.4 Å². The van der Waals surface area contributed by atoms with Crippen LogP contribution >= 0.6 is 11.6 Å². The second-order valence-electron chi connectivity index (χ2n) is 7.93. The molecule has 2 aliphatic carbocycles. The summed E-state index contributed by atoms with van der Waals surface area (Å²) in [6.45, 7) is -0.0331. The summed E-state index contributed by atoms with van der Waals surface area (Å²) in [5, 5.41) is 3.27. The molecule has 26 heavy (non-hydrogen) atoms. The minimum absolute atomic E-state index is 0.0470. The van der Waals surface area contributed by atoms with Crippen molar-refractivity contribution in [1.29, 1.82) is 0 Å². The Morgan fingerprint density at radius 3 is 2.92 bits per heavy atom. The van der Waals surface area contributed by atoms with Crippen LogP contribution in [0.2, 0.25) is 5.02 Å². The van der Waals surface area contributed by atoms with Gasteiger partial charge in [-0.1, -0.05) is 17.7 Å². The zero-order valence-electron chi connectivity index (χ0n) is 15.1. The molecule has 2 fully saturated rings. The molecule has 1 amide bonds. The Labute approximate surface area is 158 Å². The number of ether oxygens (including phenoxy) is 1. The van der Waals surface area contributed by atoms with Crippen LogP contribution < -0.4 is 10.1 Å². The molecule has 0 radical (unpaired) electrons. The second-order valence-corrected chi connectivity index (χ2v) is 8.34. The number of nitrogens with one attached hydrogen (secondary N) is 1. The van der Waals surface area contributed by atoms with Crippen LogP contribution in [0.5, 0.6) is 5.75 Å². The van der Waals surface area contributed by atoms with Crippen LogP contribution in [0.1, 0.15) is 55.3 Å². The number of methoxy groups -OCH3 is 1. The van der Waals surface area contributed by atoms with Gasteiger partial charge in [-0.15, -0.1) is 0 Å². The minimum atomic E-state index is -1.22. The van der Waals surface area contributed by atoms with Crippen LogP contribution in [0.15, 0.2) is 18.2 Å². The molecular formula is C20H26ClF2NO2. The highest BCUT2D eigenvalue weighted by atomic mass is 35.5. The topological polar surface area (TPSA) is 38.3 Å². The number of hydrogen-bond acceptors (Lipinski definition) is 2. The van der Waals surface area contributed by atoms with Crippen molar-refractivity contribution in [3.63, 3.8) is 0 Å². The lowest BCUT2D eigenvalue weighted by molar-refractivity contribution is -0.0542. The number of carbonyl (C=O) groups excluding carboxylic acids is 1. The number of fused-ring (bicyclic) bond motifs is 2. The Bertz CT molecular complexity index is 671. The molecule has 2 aliphatic rings. The van der Waals surface area contributed by atoms with Gasteiger partial charge in [-0.2, -0.15) is 0 Å². The molecule has 3 atom stereocenters. The molecule has 2 bridgehead atoms. The normalized spacial score (nSPS) is 30.7. The third-order valence-electron chi connectivity index (χ3n) is 5.96. The molecule has 144 valence electrons. The molecule has 0 saturated heterocycles. The molecule has 0 spiro atoms. The second kappa shape index (κ2) is 7.71. The highest BCUT2D eigenvalue weighted by molar-refractivity contribution is 6.34. The van der Waals surface area contributed by atoms with E-state index < -0.39 is 12.3 Å². The first-order valence-electron chi connectivity index (χ1n) is 9.26. The molecule has 0 aromatic heterocycles. The monoisotopic (exact) mass is 385 g/mol. The molecule has 6 heteroatoms. The fraction of sp³-hybridized carbons (Fsp3) is 0.650. The quantitative estimate of drug-likeness (QED) is 0.738. The van der Waals surface area contributed by atoms with Crippen LogP contribution in [-0.4, -0.2) is 31.9 Å². The smallest absolute Gasteiger partial charge is 0.256 e.